The molecular formula is C14H15F2NO3. The number of carbonyl (C=O) groups excluding carboxylic acids is 1. The molecule has 0 saturated carbocycles. The summed E-state index contributed by atoms with van der Waals surface area (Å²) < 4.78 is 26.9. The van der Waals surface area contributed by atoms with Crippen molar-refractivity contribution in [3.63, 3.8) is 0 Å². The summed E-state index contributed by atoms with van der Waals surface area (Å²) in [6, 6.07) is 0.837. The third-order valence-corrected chi connectivity index (χ3v) is 3.53. The first-order valence-corrected chi connectivity index (χ1v) is 6.41. The van der Waals surface area contributed by atoms with E-state index in [2.05, 4.69) is 0 Å². The molecule has 1 aliphatic heterocycles. The average molecular weight is 283 g/mol. The van der Waals surface area contributed by atoms with Crippen molar-refractivity contribution in [3.8, 4) is 0 Å². The van der Waals surface area contributed by atoms with Crippen LogP contribution in [-0.2, 0) is 4.79 Å². The Kier molecular flexibility index (Phi) is 4.01. The molecule has 1 fully saturated rings. The topological polar surface area (TPSA) is 57.6 Å². The number of aryl methyl sites for hydroxylation is 1. The number of likely N-dealkylation sites (tertiary alicyclic amines) is 1. The van der Waals surface area contributed by atoms with Crippen LogP contribution in [0.3, 0.4) is 0 Å². The zero-order chi connectivity index (χ0) is 14.9. The predicted octanol–water partition coefficient (Wildman–Crippen LogP) is 2.35. The first-order chi connectivity index (χ1) is 9.41. The molecule has 1 aromatic carbocycles. The molecule has 6 heteroatoms. The third-order valence-electron chi connectivity index (χ3n) is 3.53. The van der Waals surface area contributed by atoms with Gasteiger partial charge in [0.05, 0.1) is 5.56 Å². The van der Waals surface area contributed by atoms with E-state index in [0.29, 0.717) is 25.3 Å². The molecule has 1 saturated heterocycles. The van der Waals surface area contributed by atoms with Gasteiger partial charge in [-0.1, -0.05) is 0 Å². The van der Waals surface area contributed by atoms with Gasteiger partial charge in [0.25, 0.3) is 5.91 Å². The normalized spacial score (nSPS) is 18.9. The molecule has 0 aliphatic carbocycles. The van der Waals surface area contributed by atoms with Crippen LogP contribution in [-0.4, -0.2) is 34.5 Å². The van der Waals surface area contributed by atoms with E-state index >= 15 is 0 Å². The molecule has 4 nitrogen and oxygen atoms in total. The molecule has 1 amide bonds. The molecule has 1 heterocycles. The van der Waals surface area contributed by atoms with Gasteiger partial charge in [-0.15, -0.1) is 0 Å². The molecule has 0 spiro atoms. The van der Waals surface area contributed by atoms with Crippen molar-refractivity contribution in [1.82, 2.24) is 4.90 Å². The second-order valence-corrected chi connectivity index (χ2v) is 4.93. The lowest BCUT2D eigenvalue weighted by molar-refractivity contribution is -0.143. The molecule has 1 atom stereocenters. The van der Waals surface area contributed by atoms with Crippen molar-refractivity contribution in [1.29, 1.82) is 0 Å². The van der Waals surface area contributed by atoms with Crippen molar-refractivity contribution >= 4 is 11.9 Å². The van der Waals surface area contributed by atoms with Gasteiger partial charge in [-0.2, -0.15) is 0 Å². The zero-order valence-corrected chi connectivity index (χ0v) is 11.0. The quantitative estimate of drug-likeness (QED) is 0.906. The van der Waals surface area contributed by atoms with Crippen molar-refractivity contribution in [2.24, 2.45) is 0 Å². The summed E-state index contributed by atoms with van der Waals surface area (Å²) in [5.41, 5.74) is -0.129. The summed E-state index contributed by atoms with van der Waals surface area (Å²) in [5, 5.41) is 9.12. The summed E-state index contributed by atoms with van der Waals surface area (Å²) in [4.78, 5) is 24.6. The highest BCUT2D eigenvalue weighted by Crippen LogP contribution is 2.22. The summed E-state index contributed by atoms with van der Waals surface area (Å²) >= 11 is 0. The highest BCUT2D eigenvalue weighted by molar-refractivity contribution is 5.97. The van der Waals surface area contributed by atoms with E-state index < -0.39 is 29.6 Å². The number of nitrogens with zero attached hydrogens (tertiary/aromatic N) is 1. The fourth-order valence-electron chi connectivity index (χ4n) is 2.41. The zero-order valence-electron chi connectivity index (χ0n) is 11.0. The van der Waals surface area contributed by atoms with Gasteiger partial charge < -0.3 is 10.0 Å². The van der Waals surface area contributed by atoms with E-state index in [0.717, 1.165) is 11.0 Å². The molecule has 1 N–H and O–H groups in total. The SMILES string of the molecule is Cc1cc(C(=O)N2CCCC[C@H]2C(=O)O)c(F)cc1F. The maximum absolute atomic E-state index is 13.7. The Morgan fingerprint density at radius 3 is 2.60 bits per heavy atom. The number of carboxylic acids is 1. The van der Waals surface area contributed by atoms with Gasteiger partial charge in [0.1, 0.15) is 17.7 Å². The number of hydrogen-bond acceptors (Lipinski definition) is 2. The molecule has 20 heavy (non-hydrogen) atoms. The van der Waals surface area contributed by atoms with Crippen LogP contribution in [0.25, 0.3) is 0 Å². The van der Waals surface area contributed by atoms with E-state index in [-0.39, 0.29) is 17.7 Å². The molecule has 0 aromatic heterocycles. The number of amides is 1. The Morgan fingerprint density at radius 2 is 1.95 bits per heavy atom. The summed E-state index contributed by atoms with van der Waals surface area (Å²) in [6.07, 6.45) is 1.74. The lowest BCUT2D eigenvalue weighted by Crippen LogP contribution is -2.48. The molecule has 0 unspecified atom stereocenters. The second kappa shape index (κ2) is 5.56. The minimum Gasteiger partial charge on any atom is -0.480 e. The number of aliphatic carboxylic acids is 1. The lowest BCUT2D eigenvalue weighted by Gasteiger charge is -2.33. The third kappa shape index (κ3) is 2.64. The van der Waals surface area contributed by atoms with Crippen LogP contribution in [0.5, 0.6) is 0 Å². The summed E-state index contributed by atoms with van der Waals surface area (Å²) in [6.45, 7) is 1.70. The summed E-state index contributed by atoms with van der Waals surface area (Å²) in [7, 11) is 0. The molecule has 0 radical (unpaired) electrons. The van der Waals surface area contributed by atoms with Crippen LogP contribution < -0.4 is 0 Å². The number of hydrogen-bond donors (Lipinski definition) is 1. The van der Waals surface area contributed by atoms with Crippen LogP contribution in [0.15, 0.2) is 12.1 Å². The molecule has 1 aliphatic rings. The van der Waals surface area contributed by atoms with Gasteiger partial charge in [-0.05, 0) is 37.8 Å². The number of benzene rings is 1. The minimum absolute atomic E-state index is 0.152. The Bertz CT molecular complexity index is 560. The van der Waals surface area contributed by atoms with E-state index in [4.69, 9.17) is 5.11 Å². The van der Waals surface area contributed by atoms with E-state index in [1.807, 2.05) is 0 Å². The number of carboxylic acid groups (broad SMARTS) is 1. The molecule has 0 bridgehead atoms. The van der Waals surface area contributed by atoms with Gasteiger partial charge in [-0.3, -0.25) is 4.79 Å². The van der Waals surface area contributed by atoms with Crippen LogP contribution >= 0.6 is 0 Å². The van der Waals surface area contributed by atoms with Crippen LogP contribution in [0, 0.1) is 18.6 Å². The molecule has 108 valence electrons. The van der Waals surface area contributed by atoms with Crippen LogP contribution in [0.4, 0.5) is 8.78 Å². The standard InChI is InChI=1S/C14H15F2NO3/c1-8-6-9(11(16)7-10(8)15)13(18)17-5-3-2-4-12(17)14(19)20/h6-7,12H,2-5H2,1H3,(H,19,20)/t12-/m0/s1. The highest BCUT2D eigenvalue weighted by Gasteiger charge is 2.33. The maximum atomic E-state index is 13.7. The van der Waals surface area contributed by atoms with E-state index in [1.54, 1.807) is 0 Å². The van der Waals surface area contributed by atoms with E-state index in [1.165, 1.54) is 6.92 Å². The fraction of sp³-hybridized carbons (Fsp3) is 0.429. The van der Waals surface area contributed by atoms with Crippen LogP contribution in [0.2, 0.25) is 0 Å². The van der Waals surface area contributed by atoms with E-state index in [9.17, 15) is 18.4 Å². The Hall–Kier alpha value is -1.98. The molecule has 1 aromatic rings. The predicted molar refractivity (Wildman–Crippen MR) is 67.4 cm³/mol. The maximum Gasteiger partial charge on any atom is 0.326 e. The number of carbonyl (C=O) groups is 2. The Balaban J connectivity index is 2.34. The number of halogens is 2. The highest BCUT2D eigenvalue weighted by atomic mass is 19.1. The van der Waals surface area contributed by atoms with Crippen LogP contribution in [0.1, 0.15) is 35.2 Å². The Morgan fingerprint density at radius 1 is 1.25 bits per heavy atom. The smallest absolute Gasteiger partial charge is 0.326 e. The molecular weight excluding hydrogens is 268 g/mol. The molecule has 2 rings (SSSR count). The largest absolute Gasteiger partial charge is 0.480 e. The number of rotatable bonds is 2. The van der Waals surface area contributed by atoms with Gasteiger partial charge >= 0.3 is 5.97 Å². The van der Waals surface area contributed by atoms with Crippen molar-refractivity contribution in [2.75, 3.05) is 6.54 Å². The first-order valence-electron chi connectivity index (χ1n) is 6.41. The van der Waals surface area contributed by atoms with Crippen molar-refractivity contribution in [3.05, 3.63) is 34.9 Å². The fourth-order valence-corrected chi connectivity index (χ4v) is 2.41. The Labute approximate surface area is 115 Å². The van der Waals surface area contributed by atoms with Gasteiger partial charge in [0, 0.05) is 12.6 Å². The van der Waals surface area contributed by atoms with Gasteiger partial charge in [-0.25, -0.2) is 13.6 Å². The lowest BCUT2D eigenvalue weighted by atomic mass is 10.00. The van der Waals surface area contributed by atoms with Gasteiger partial charge in [0.15, 0.2) is 0 Å². The average Bonchev–Trinajstić information content (AvgIpc) is 2.42. The second-order valence-electron chi connectivity index (χ2n) is 4.93. The summed E-state index contributed by atoms with van der Waals surface area (Å²) in [5.74, 6) is -3.49. The minimum atomic E-state index is -1.10. The van der Waals surface area contributed by atoms with Gasteiger partial charge in [0.2, 0.25) is 0 Å². The van der Waals surface area contributed by atoms with Crippen molar-refractivity contribution in [2.45, 2.75) is 32.2 Å². The number of piperidine rings is 1. The monoisotopic (exact) mass is 283 g/mol. The first kappa shape index (κ1) is 14.4. The van der Waals surface area contributed by atoms with Crippen molar-refractivity contribution < 1.29 is 23.5 Å².